The number of fused-ring (bicyclic) bond motifs is 1. The van der Waals surface area contributed by atoms with Crippen LogP contribution in [0.15, 0.2) is 52.4 Å². The molecule has 20 heavy (non-hydrogen) atoms. The summed E-state index contributed by atoms with van der Waals surface area (Å²) >= 11 is 1.58. The van der Waals surface area contributed by atoms with E-state index in [1.807, 2.05) is 47.3 Å². The van der Waals surface area contributed by atoms with Crippen molar-refractivity contribution < 1.29 is 4.79 Å². The Morgan fingerprint density at radius 1 is 1.35 bits per heavy atom. The maximum atomic E-state index is 11.7. The van der Waals surface area contributed by atoms with Gasteiger partial charge in [0.05, 0.1) is 12.6 Å². The molecule has 2 aromatic heterocycles. The Bertz CT molecular complexity index is 743. The zero-order valence-electron chi connectivity index (χ0n) is 10.7. The lowest BCUT2D eigenvalue weighted by Crippen LogP contribution is -2.19. The number of carbonyl (C=O) groups excluding carboxylic acids is 1. The number of nitrogens with one attached hydrogen (secondary N) is 2. The largest absolute Gasteiger partial charge is 0.361 e. The number of aromatic amines is 1. The number of rotatable bonds is 4. The summed E-state index contributed by atoms with van der Waals surface area (Å²) in [4.78, 5) is 14.8. The summed E-state index contributed by atoms with van der Waals surface area (Å²) in [6.45, 7) is 0. The number of benzene rings is 1. The Morgan fingerprint density at radius 2 is 2.25 bits per heavy atom. The predicted molar refractivity (Wildman–Crippen MR) is 82.1 cm³/mol. The number of amides is 1. The highest BCUT2D eigenvalue weighted by atomic mass is 32.1. The predicted octanol–water partition coefficient (Wildman–Crippen LogP) is 2.92. The molecule has 1 aromatic carbocycles. The van der Waals surface area contributed by atoms with Crippen LogP contribution in [0.3, 0.4) is 0 Å². The zero-order chi connectivity index (χ0) is 13.8. The highest BCUT2D eigenvalue weighted by Gasteiger charge is 2.03. The molecule has 0 unspecified atom stereocenters. The number of carbonyl (C=O) groups is 1. The van der Waals surface area contributed by atoms with Gasteiger partial charge in [-0.05, 0) is 28.5 Å². The van der Waals surface area contributed by atoms with E-state index in [0.717, 1.165) is 22.0 Å². The van der Waals surface area contributed by atoms with Crippen LogP contribution in [0.25, 0.3) is 10.9 Å². The number of H-pyrrole nitrogens is 1. The average molecular weight is 283 g/mol. The number of nitrogens with zero attached hydrogens (tertiary/aromatic N) is 1. The molecule has 0 fully saturated rings. The SMILES string of the molecule is O=C(Cc1ccsc1)NN=Cc1c[nH]c2ccccc12. The highest BCUT2D eigenvalue weighted by Crippen LogP contribution is 2.15. The quantitative estimate of drug-likeness (QED) is 0.561. The smallest absolute Gasteiger partial charge is 0.244 e. The van der Waals surface area contributed by atoms with E-state index in [0.29, 0.717) is 6.42 Å². The normalized spacial score (nSPS) is 11.2. The summed E-state index contributed by atoms with van der Waals surface area (Å²) < 4.78 is 0. The maximum Gasteiger partial charge on any atom is 0.244 e. The van der Waals surface area contributed by atoms with Crippen LogP contribution in [0.2, 0.25) is 0 Å². The summed E-state index contributed by atoms with van der Waals surface area (Å²) in [7, 11) is 0. The van der Waals surface area contributed by atoms with Gasteiger partial charge in [-0.25, -0.2) is 5.43 Å². The minimum Gasteiger partial charge on any atom is -0.361 e. The minimum atomic E-state index is -0.112. The molecule has 2 heterocycles. The van der Waals surface area contributed by atoms with Crippen molar-refractivity contribution in [3.63, 3.8) is 0 Å². The van der Waals surface area contributed by atoms with E-state index in [4.69, 9.17) is 0 Å². The van der Waals surface area contributed by atoms with Crippen molar-refractivity contribution in [1.82, 2.24) is 10.4 Å². The highest BCUT2D eigenvalue weighted by molar-refractivity contribution is 7.08. The lowest BCUT2D eigenvalue weighted by atomic mass is 10.2. The maximum absolute atomic E-state index is 11.7. The number of para-hydroxylation sites is 1. The van der Waals surface area contributed by atoms with Gasteiger partial charge in [-0.2, -0.15) is 16.4 Å². The Hall–Kier alpha value is -2.40. The second-order valence-electron chi connectivity index (χ2n) is 4.39. The second kappa shape index (κ2) is 5.71. The first-order valence-electron chi connectivity index (χ1n) is 6.22. The van der Waals surface area contributed by atoms with Crippen molar-refractivity contribution in [3.05, 3.63) is 58.4 Å². The molecule has 0 spiro atoms. The third-order valence-corrected chi connectivity index (χ3v) is 3.69. The van der Waals surface area contributed by atoms with Crippen LogP contribution in [0.4, 0.5) is 0 Å². The topological polar surface area (TPSA) is 57.2 Å². The van der Waals surface area contributed by atoms with Crippen LogP contribution in [0.1, 0.15) is 11.1 Å². The monoisotopic (exact) mass is 283 g/mol. The molecule has 0 saturated heterocycles. The van der Waals surface area contributed by atoms with Crippen LogP contribution < -0.4 is 5.43 Å². The second-order valence-corrected chi connectivity index (χ2v) is 5.17. The molecular formula is C15H13N3OS. The van der Waals surface area contributed by atoms with E-state index in [1.54, 1.807) is 17.6 Å². The van der Waals surface area contributed by atoms with Crippen LogP contribution >= 0.6 is 11.3 Å². The molecule has 0 saturated carbocycles. The van der Waals surface area contributed by atoms with Gasteiger partial charge >= 0.3 is 0 Å². The molecule has 3 rings (SSSR count). The van der Waals surface area contributed by atoms with Gasteiger partial charge in [-0.15, -0.1) is 0 Å². The third kappa shape index (κ3) is 2.78. The van der Waals surface area contributed by atoms with Crippen LogP contribution in [0.5, 0.6) is 0 Å². The van der Waals surface area contributed by atoms with E-state index >= 15 is 0 Å². The molecule has 5 heteroatoms. The zero-order valence-corrected chi connectivity index (χ0v) is 11.5. The number of thiophene rings is 1. The van der Waals surface area contributed by atoms with Gasteiger partial charge in [0.2, 0.25) is 5.91 Å². The summed E-state index contributed by atoms with van der Waals surface area (Å²) in [5.41, 5.74) is 5.56. The first-order chi connectivity index (χ1) is 9.83. The Morgan fingerprint density at radius 3 is 3.10 bits per heavy atom. The van der Waals surface area contributed by atoms with E-state index in [9.17, 15) is 4.79 Å². The van der Waals surface area contributed by atoms with Crippen molar-refractivity contribution in [2.45, 2.75) is 6.42 Å². The summed E-state index contributed by atoms with van der Waals surface area (Å²) in [5, 5.41) is 9.01. The van der Waals surface area contributed by atoms with Gasteiger partial charge in [0.15, 0.2) is 0 Å². The molecule has 4 nitrogen and oxygen atoms in total. The molecule has 3 aromatic rings. The van der Waals surface area contributed by atoms with Crippen molar-refractivity contribution >= 4 is 34.4 Å². The number of aromatic nitrogens is 1. The minimum absolute atomic E-state index is 0.112. The van der Waals surface area contributed by atoms with E-state index < -0.39 is 0 Å². The molecular weight excluding hydrogens is 270 g/mol. The van der Waals surface area contributed by atoms with Crippen molar-refractivity contribution in [2.75, 3.05) is 0 Å². The van der Waals surface area contributed by atoms with Gasteiger partial charge in [-0.3, -0.25) is 4.79 Å². The van der Waals surface area contributed by atoms with Crippen molar-refractivity contribution in [1.29, 1.82) is 0 Å². The van der Waals surface area contributed by atoms with E-state index in [2.05, 4.69) is 15.5 Å². The van der Waals surface area contributed by atoms with E-state index in [-0.39, 0.29) is 5.91 Å². The van der Waals surface area contributed by atoms with Gasteiger partial charge in [-0.1, -0.05) is 18.2 Å². The fourth-order valence-electron chi connectivity index (χ4n) is 1.99. The van der Waals surface area contributed by atoms with Crippen LogP contribution in [-0.4, -0.2) is 17.1 Å². The molecule has 0 aliphatic carbocycles. The Balaban J connectivity index is 1.64. The van der Waals surface area contributed by atoms with Gasteiger partial charge in [0.1, 0.15) is 0 Å². The summed E-state index contributed by atoms with van der Waals surface area (Å²) in [5.74, 6) is -0.112. The number of hydrazone groups is 1. The van der Waals surface area contributed by atoms with Gasteiger partial charge in [0.25, 0.3) is 0 Å². The summed E-state index contributed by atoms with van der Waals surface area (Å²) in [6, 6.07) is 9.90. The first-order valence-corrected chi connectivity index (χ1v) is 7.16. The van der Waals surface area contributed by atoms with Crippen LogP contribution in [0, 0.1) is 0 Å². The Kier molecular flexibility index (Phi) is 3.60. The standard InChI is InChI=1S/C15H13N3OS/c19-15(7-11-5-6-20-10-11)18-17-9-12-8-16-14-4-2-1-3-13(12)14/h1-6,8-10,16H,7H2,(H,18,19). The molecule has 100 valence electrons. The molecule has 0 atom stereocenters. The van der Waals surface area contributed by atoms with Gasteiger partial charge in [0, 0.05) is 22.7 Å². The lowest BCUT2D eigenvalue weighted by Gasteiger charge is -1.97. The number of hydrogen-bond donors (Lipinski definition) is 2. The molecule has 0 radical (unpaired) electrons. The lowest BCUT2D eigenvalue weighted by molar-refractivity contribution is -0.120. The molecule has 2 N–H and O–H groups in total. The number of hydrogen-bond acceptors (Lipinski definition) is 3. The summed E-state index contributed by atoms with van der Waals surface area (Å²) in [6.07, 6.45) is 3.89. The first kappa shape index (κ1) is 12.6. The van der Waals surface area contributed by atoms with Crippen molar-refractivity contribution in [2.24, 2.45) is 5.10 Å². The fraction of sp³-hybridized carbons (Fsp3) is 0.0667. The van der Waals surface area contributed by atoms with Crippen LogP contribution in [-0.2, 0) is 11.2 Å². The molecule has 0 aliphatic rings. The average Bonchev–Trinajstić information content (AvgIpc) is 3.09. The van der Waals surface area contributed by atoms with Crippen molar-refractivity contribution in [3.8, 4) is 0 Å². The third-order valence-electron chi connectivity index (χ3n) is 2.96. The van der Waals surface area contributed by atoms with E-state index in [1.165, 1.54) is 0 Å². The molecule has 0 aliphatic heterocycles. The molecule has 1 amide bonds. The van der Waals surface area contributed by atoms with Gasteiger partial charge < -0.3 is 4.98 Å². The molecule has 0 bridgehead atoms. The fourth-order valence-corrected chi connectivity index (χ4v) is 2.66. The Labute approximate surface area is 120 Å².